The van der Waals surface area contributed by atoms with Crippen molar-refractivity contribution in [3.05, 3.63) is 0 Å². The number of fused-ring (bicyclic) bond motifs is 1. The first-order chi connectivity index (χ1) is 6.92. The molecule has 0 aromatic rings. The molecule has 7 nitrogen and oxygen atoms in total. The number of carbonyl (C=O) groups is 2. The van der Waals surface area contributed by atoms with Gasteiger partial charge in [-0.2, -0.15) is 0 Å². The molecule has 0 saturated heterocycles. The van der Waals surface area contributed by atoms with Crippen LogP contribution in [0.1, 0.15) is 13.8 Å². The number of hydrogen-bond acceptors (Lipinski definition) is 6. The van der Waals surface area contributed by atoms with Gasteiger partial charge < -0.3 is 5.32 Å². The van der Waals surface area contributed by atoms with E-state index < -0.39 is 17.5 Å². The summed E-state index contributed by atoms with van der Waals surface area (Å²) in [5.41, 5.74) is 5.71. The average Bonchev–Trinajstić information content (AvgIpc) is 2.45. The number of nitrogens with two attached hydrogens (primary N) is 1. The summed E-state index contributed by atoms with van der Waals surface area (Å²) in [4.78, 5) is 34.4. The Morgan fingerprint density at radius 2 is 2.13 bits per heavy atom. The van der Waals surface area contributed by atoms with Gasteiger partial charge in [0, 0.05) is 6.92 Å². The molecular formula is C8H9N5O2. The molecule has 0 spiro atoms. The normalized spacial score (nSPS) is 28.7. The minimum Gasteiger partial charge on any atom is -0.308 e. The Morgan fingerprint density at radius 1 is 1.47 bits per heavy atom. The van der Waals surface area contributed by atoms with Crippen molar-refractivity contribution in [1.29, 1.82) is 0 Å². The van der Waals surface area contributed by atoms with Gasteiger partial charge in [-0.1, -0.05) is 0 Å². The number of rotatable bonds is 1. The summed E-state index contributed by atoms with van der Waals surface area (Å²) in [5.74, 6) is -2.15. The summed E-state index contributed by atoms with van der Waals surface area (Å²) in [6.07, 6.45) is 0. The molecule has 1 unspecified atom stereocenters. The van der Waals surface area contributed by atoms with E-state index in [-0.39, 0.29) is 11.5 Å². The minimum atomic E-state index is -1.71. The summed E-state index contributed by atoms with van der Waals surface area (Å²) < 4.78 is 0. The molecular weight excluding hydrogens is 198 g/mol. The topological polar surface area (TPSA) is 109 Å². The Bertz CT molecular complexity index is 462. The average molecular weight is 207 g/mol. The highest BCUT2D eigenvalue weighted by Gasteiger charge is 2.41. The fourth-order valence-corrected chi connectivity index (χ4v) is 1.27. The zero-order chi connectivity index (χ0) is 11.2. The summed E-state index contributed by atoms with van der Waals surface area (Å²) in [7, 11) is 0. The monoisotopic (exact) mass is 207 g/mol. The van der Waals surface area contributed by atoms with Crippen molar-refractivity contribution in [2.45, 2.75) is 19.6 Å². The zero-order valence-corrected chi connectivity index (χ0v) is 8.24. The van der Waals surface area contributed by atoms with Gasteiger partial charge in [0.1, 0.15) is 5.84 Å². The third-order valence-electron chi connectivity index (χ3n) is 2.09. The second kappa shape index (κ2) is 2.80. The van der Waals surface area contributed by atoms with Gasteiger partial charge in [-0.15, -0.1) is 0 Å². The van der Waals surface area contributed by atoms with Crippen molar-refractivity contribution >= 4 is 29.1 Å². The number of hydrogen-bond donors (Lipinski definition) is 2. The van der Waals surface area contributed by atoms with E-state index >= 15 is 0 Å². The van der Waals surface area contributed by atoms with Crippen LogP contribution in [-0.4, -0.2) is 34.9 Å². The molecule has 0 saturated carbocycles. The number of aliphatic imine (C=N–C) groups is 3. The minimum absolute atomic E-state index is 0.106. The summed E-state index contributed by atoms with van der Waals surface area (Å²) >= 11 is 0. The fourth-order valence-electron chi connectivity index (χ4n) is 1.27. The zero-order valence-electron chi connectivity index (χ0n) is 8.24. The number of amidine groups is 2. The number of Topliss-reactive ketones (excluding diaryl/α,β-unsaturated/α-hetero) is 1. The van der Waals surface area contributed by atoms with E-state index in [9.17, 15) is 9.59 Å². The lowest BCUT2D eigenvalue weighted by molar-refractivity contribution is -0.127. The van der Waals surface area contributed by atoms with Crippen LogP contribution in [0.15, 0.2) is 15.0 Å². The van der Waals surface area contributed by atoms with Crippen LogP contribution in [0.4, 0.5) is 0 Å². The highest BCUT2D eigenvalue weighted by Crippen LogP contribution is 2.12. The molecule has 3 N–H and O–H groups in total. The number of nitrogens with zero attached hydrogens (tertiary/aromatic N) is 3. The standard InChI is InChI=1S/C8H9N5O2/c1-3(14)8(9)12-6-5(7(15)13-8)10-4(2)11-6/h9H2,1-2H3,(H,13,15). The number of nitrogens with one attached hydrogen (secondary N) is 1. The maximum absolute atomic E-state index is 11.5. The van der Waals surface area contributed by atoms with Crippen molar-refractivity contribution in [1.82, 2.24) is 5.32 Å². The van der Waals surface area contributed by atoms with Crippen LogP contribution in [-0.2, 0) is 9.59 Å². The van der Waals surface area contributed by atoms with E-state index in [2.05, 4.69) is 20.3 Å². The first-order valence-corrected chi connectivity index (χ1v) is 4.29. The van der Waals surface area contributed by atoms with Gasteiger partial charge in [0.15, 0.2) is 17.3 Å². The molecule has 0 bridgehead atoms. The lowest BCUT2D eigenvalue weighted by Crippen LogP contribution is -2.64. The Balaban J connectivity index is 2.52. The SMILES string of the molecule is CC(=O)C1(N)N=C2N=C(C)N=C2C(=O)N1. The van der Waals surface area contributed by atoms with E-state index in [4.69, 9.17) is 5.73 Å². The molecule has 1 amide bonds. The Labute approximate surface area is 85.2 Å². The van der Waals surface area contributed by atoms with Crippen molar-refractivity contribution in [3.63, 3.8) is 0 Å². The van der Waals surface area contributed by atoms with Crippen molar-refractivity contribution in [3.8, 4) is 0 Å². The Morgan fingerprint density at radius 3 is 2.73 bits per heavy atom. The van der Waals surface area contributed by atoms with E-state index in [1.165, 1.54) is 6.92 Å². The maximum atomic E-state index is 11.5. The number of amides is 1. The highest BCUT2D eigenvalue weighted by molar-refractivity contribution is 6.70. The molecule has 0 fully saturated rings. The van der Waals surface area contributed by atoms with Gasteiger partial charge >= 0.3 is 0 Å². The Hall–Kier alpha value is -1.89. The van der Waals surface area contributed by atoms with Gasteiger partial charge in [-0.3, -0.25) is 15.3 Å². The first-order valence-electron chi connectivity index (χ1n) is 4.29. The lowest BCUT2D eigenvalue weighted by atomic mass is 10.1. The van der Waals surface area contributed by atoms with Crippen LogP contribution in [0.5, 0.6) is 0 Å². The molecule has 0 aromatic heterocycles. The molecule has 2 rings (SSSR count). The maximum Gasteiger partial charge on any atom is 0.277 e. The third-order valence-corrected chi connectivity index (χ3v) is 2.09. The predicted octanol–water partition coefficient (Wildman–Crippen LogP) is -1.41. The number of ketones is 1. The second-order valence-corrected chi connectivity index (χ2v) is 3.33. The van der Waals surface area contributed by atoms with Crippen LogP contribution in [0.2, 0.25) is 0 Å². The molecule has 1 atom stereocenters. The summed E-state index contributed by atoms with van der Waals surface area (Å²) in [5, 5.41) is 2.28. The lowest BCUT2D eigenvalue weighted by Gasteiger charge is -2.26. The Kier molecular flexibility index (Phi) is 1.80. The molecule has 2 aliphatic heterocycles. The second-order valence-electron chi connectivity index (χ2n) is 3.33. The highest BCUT2D eigenvalue weighted by atomic mass is 16.2. The fraction of sp³-hybridized carbons (Fsp3) is 0.375. The van der Waals surface area contributed by atoms with Gasteiger partial charge in [-0.05, 0) is 6.92 Å². The van der Waals surface area contributed by atoms with Crippen LogP contribution < -0.4 is 11.1 Å². The van der Waals surface area contributed by atoms with Crippen LogP contribution in [0.3, 0.4) is 0 Å². The van der Waals surface area contributed by atoms with E-state index in [1.54, 1.807) is 6.92 Å². The third kappa shape index (κ3) is 1.37. The molecule has 2 aliphatic rings. The van der Waals surface area contributed by atoms with E-state index in [1.807, 2.05) is 0 Å². The predicted molar refractivity (Wildman–Crippen MR) is 53.7 cm³/mol. The number of carbonyl (C=O) groups excluding carboxylic acids is 2. The molecule has 2 heterocycles. The molecule has 78 valence electrons. The largest absolute Gasteiger partial charge is 0.308 e. The smallest absolute Gasteiger partial charge is 0.277 e. The van der Waals surface area contributed by atoms with Crippen LogP contribution in [0, 0.1) is 0 Å². The molecule has 0 aromatic carbocycles. The van der Waals surface area contributed by atoms with Crippen LogP contribution in [0.25, 0.3) is 0 Å². The van der Waals surface area contributed by atoms with Crippen LogP contribution >= 0.6 is 0 Å². The van der Waals surface area contributed by atoms with Crippen molar-refractivity contribution < 1.29 is 9.59 Å². The molecule has 7 heteroatoms. The van der Waals surface area contributed by atoms with Gasteiger partial charge in [0.25, 0.3) is 5.91 Å². The van der Waals surface area contributed by atoms with Crippen molar-refractivity contribution in [2.24, 2.45) is 20.7 Å². The van der Waals surface area contributed by atoms with E-state index in [0.717, 1.165) is 0 Å². The summed E-state index contributed by atoms with van der Waals surface area (Å²) in [6, 6.07) is 0. The first kappa shape index (κ1) is 9.66. The van der Waals surface area contributed by atoms with Gasteiger partial charge in [0.05, 0.1) is 0 Å². The van der Waals surface area contributed by atoms with E-state index in [0.29, 0.717) is 5.84 Å². The molecule has 0 aliphatic carbocycles. The van der Waals surface area contributed by atoms with Crippen molar-refractivity contribution in [2.75, 3.05) is 0 Å². The van der Waals surface area contributed by atoms with Gasteiger partial charge in [-0.25, -0.2) is 15.0 Å². The summed E-state index contributed by atoms with van der Waals surface area (Å²) in [6.45, 7) is 2.88. The molecule has 0 radical (unpaired) electrons. The molecule has 15 heavy (non-hydrogen) atoms. The quantitative estimate of drug-likeness (QED) is 0.551. The van der Waals surface area contributed by atoms with Gasteiger partial charge in [0.2, 0.25) is 5.79 Å².